The van der Waals surface area contributed by atoms with Gasteiger partial charge in [-0.05, 0) is 42.7 Å². The maximum atomic E-state index is 13.8. The summed E-state index contributed by atoms with van der Waals surface area (Å²) in [7, 11) is 0. The minimum Gasteiger partial charge on any atom is -0.508 e. The molecule has 0 radical (unpaired) electrons. The van der Waals surface area contributed by atoms with Gasteiger partial charge in [0, 0.05) is 5.56 Å². The Labute approximate surface area is 98.3 Å². The van der Waals surface area contributed by atoms with E-state index in [9.17, 15) is 13.9 Å². The van der Waals surface area contributed by atoms with Gasteiger partial charge in [-0.3, -0.25) is 0 Å². The molecular weight excluding hydrogens is 222 g/mol. The first kappa shape index (κ1) is 11.6. The summed E-state index contributed by atoms with van der Waals surface area (Å²) in [5, 5.41) is 9.28. The topological polar surface area (TPSA) is 20.2 Å². The Morgan fingerprint density at radius 2 is 1.47 bits per heavy atom. The zero-order chi connectivity index (χ0) is 12.6. The van der Waals surface area contributed by atoms with Crippen LogP contribution in [-0.2, 0) is 0 Å². The third kappa shape index (κ3) is 2.00. The van der Waals surface area contributed by atoms with Crippen LogP contribution < -0.4 is 0 Å². The number of phenolic OH excluding ortho intramolecular Hbond substituents is 1. The fourth-order valence-electron chi connectivity index (χ4n) is 1.80. The SMILES string of the molecule is Cc1cc(O)ccc1-c1ccc(C)c(F)c1F. The summed E-state index contributed by atoms with van der Waals surface area (Å²) < 4.78 is 27.3. The third-order valence-corrected chi connectivity index (χ3v) is 2.78. The highest BCUT2D eigenvalue weighted by Gasteiger charge is 2.14. The lowest BCUT2D eigenvalue weighted by Gasteiger charge is -2.09. The van der Waals surface area contributed by atoms with Gasteiger partial charge in [-0.1, -0.05) is 18.2 Å². The smallest absolute Gasteiger partial charge is 0.166 e. The maximum absolute atomic E-state index is 13.8. The monoisotopic (exact) mass is 234 g/mol. The van der Waals surface area contributed by atoms with Gasteiger partial charge >= 0.3 is 0 Å². The highest BCUT2D eigenvalue weighted by Crippen LogP contribution is 2.30. The molecule has 1 N–H and O–H groups in total. The third-order valence-electron chi connectivity index (χ3n) is 2.78. The van der Waals surface area contributed by atoms with Crippen molar-refractivity contribution in [3.05, 3.63) is 53.1 Å². The number of aryl methyl sites for hydroxylation is 2. The molecule has 0 saturated heterocycles. The molecule has 0 heterocycles. The minimum atomic E-state index is -0.848. The molecule has 0 unspecified atom stereocenters. The fraction of sp³-hybridized carbons (Fsp3) is 0.143. The highest BCUT2D eigenvalue weighted by molar-refractivity contribution is 5.69. The largest absolute Gasteiger partial charge is 0.508 e. The Hall–Kier alpha value is -1.90. The van der Waals surface area contributed by atoms with Crippen molar-refractivity contribution in [2.75, 3.05) is 0 Å². The normalized spacial score (nSPS) is 10.6. The first-order valence-electron chi connectivity index (χ1n) is 5.25. The van der Waals surface area contributed by atoms with E-state index in [4.69, 9.17) is 0 Å². The predicted octanol–water partition coefficient (Wildman–Crippen LogP) is 3.95. The summed E-state index contributed by atoms with van der Waals surface area (Å²) in [5.74, 6) is -1.56. The van der Waals surface area contributed by atoms with Crippen LogP contribution in [0.15, 0.2) is 30.3 Å². The van der Waals surface area contributed by atoms with Crippen molar-refractivity contribution < 1.29 is 13.9 Å². The molecule has 0 fully saturated rings. The number of phenols is 1. The molecular formula is C14H12F2O. The molecule has 2 rings (SSSR count). The van der Waals surface area contributed by atoms with E-state index >= 15 is 0 Å². The second-order valence-electron chi connectivity index (χ2n) is 4.06. The molecule has 1 nitrogen and oxygen atoms in total. The zero-order valence-electron chi connectivity index (χ0n) is 9.59. The zero-order valence-corrected chi connectivity index (χ0v) is 9.59. The van der Waals surface area contributed by atoms with E-state index in [0.717, 1.165) is 0 Å². The second-order valence-corrected chi connectivity index (χ2v) is 4.06. The Bertz CT molecular complexity index is 577. The van der Waals surface area contributed by atoms with Gasteiger partial charge in [-0.25, -0.2) is 8.78 Å². The number of hydrogen-bond acceptors (Lipinski definition) is 1. The molecule has 0 aliphatic rings. The molecule has 0 spiro atoms. The van der Waals surface area contributed by atoms with Crippen LogP contribution in [0.3, 0.4) is 0 Å². The van der Waals surface area contributed by atoms with E-state index in [1.807, 2.05) is 0 Å². The average molecular weight is 234 g/mol. The molecule has 2 aromatic rings. The van der Waals surface area contributed by atoms with E-state index in [1.165, 1.54) is 19.1 Å². The van der Waals surface area contributed by atoms with Gasteiger partial charge in [0.1, 0.15) is 5.75 Å². The Kier molecular flexibility index (Phi) is 2.84. The van der Waals surface area contributed by atoms with Crippen LogP contribution in [0.5, 0.6) is 5.75 Å². The number of halogens is 2. The van der Waals surface area contributed by atoms with E-state index < -0.39 is 11.6 Å². The van der Waals surface area contributed by atoms with Crippen LogP contribution in [0.2, 0.25) is 0 Å². The maximum Gasteiger partial charge on any atom is 0.166 e. The van der Waals surface area contributed by atoms with Gasteiger partial charge in [-0.2, -0.15) is 0 Å². The molecule has 0 saturated carbocycles. The van der Waals surface area contributed by atoms with Gasteiger partial charge in [0.05, 0.1) is 0 Å². The lowest BCUT2D eigenvalue weighted by Crippen LogP contribution is -1.94. The van der Waals surface area contributed by atoms with Crippen molar-refractivity contribution in [1.29, 1.82) is 0 Å². The lowest BCUT2D eigenvalue weighted by molar-refractivity contribution is 0.475. The van der Waals surface area contributed by atoms with Crippen LogP contribution in [-0.4, -0.2) is 5.11 Å². The fourth-order valence-corrected chi connectivity index (χ4v) is 1.80. The van der Waals surface area contributed by atoms with E-state index in [-0.39, 0.29) is 16.9 Å². The molecule has 0 aliphatic carbocycles. The molecule has 0 aliphatic heterocycles. The summed E-state index contributed by atoms with van der Waals surface area (Å²) in [6, 6.07) is 7.65. The predicted molar refractivity (Wildman–Crippen MR) is 62.9 cm³/mol. The molecule has 88 valence electrons. The van der Waals surface area contributed by atoms with Crippen molar-refractivity contribution in [3.8, 4) is 16.9 Å². The van der Waals surface area contributed by atoms with Crippen molar-refractivity contribution in [2.24, 2.45) is 0 Å². The summed E-state index contributed by atoms with van der Waals surface area (Å²) in [6.45, 7) is 3.26. The van der Waals surface area contributed by atoms with Crippen LogP contribution in [0.1, 0.15) is 11.1 Å². The molecule has 0 bridgehead atoms. The number of benzene rings is 2. The highest BCUT2D eigenvalue weighted by atomic mass is 19.2. The van der Waals surface area contributed by atoms with Crippen LogP contribution in [0.4, 0.5) is 8.78 Å². The average Bonchev–Trinajstić information content (AvgIpc) is 2.28. The first-order chi connectivity index (χ1) is 8.00. The van der Waals surface area contributed by atoms with E-state index in [2.05, 4.69) is 0 Å². The standard InChI is InChI=1S/C14H12F2O/c1-8-3-5-12(14(16)13(8)15)11-6-4-10(17)7-9(11)2/h3-7,17H,1-2H3. The van der Waals surface area contributed by atoms with E-state index in [0.29, 0.717) is 11.1 Å². The van der Waals surface area contributed by atoms with Crippen LogP contribution >= 0.6 is 0 Å². The van der Waals surface area contributed by atoms with Gasteiger partial charge in [-0.15, -0.1) is 0 Å². The van der Waals surface area contributed by atoms with E-state index in [1.54, 1.807) is 25.1 Å². The van der Waals surface area contributed by atoms with Crippen molar-refractivity contribution in [1.82, 2.24) is 0 Å². The molecule has 0 amide bonds. The van der Waals surface area contributed by atoms with Gasteiger partial charge in [0.15, 0.2) is 11.6 Å². The minimum absolute atomic E-state index is 0.110. The summed E-state index contributed by atoms with van der Waals surface area (Å²) in [5.41, 5.74) is 1.78. The van der Waals surface area contributed by atoms with Crippen molar-refractivity contribution >= 4 is 0 Å². The molecule has 2 aromatic carbocycles. The number of rotatable bonds is 1. The molecule has 17 heavy (non-hydrogen) atoms. The summed E-state index contributed by atoms with van der Waals surface area (Å²) >= 11 is 0. The van der Waals surface area contributed by atoms with Crippen LogP contribution in [0, 0.1) is 25.5 Å². The molecule has 0 aromatic heterocycles. The van der Waals surface area contributed by atoms with Crippen molar-refractivity contribution in [2.45, 2.75) is 13.8 Å². The first-order valence-corrected chi connectivity index (χ1v) is 5.25. The molecule has 3 heteroatoms. The summed E-state index contributed by atoms with van der Waals surface area (Å²) in [6.07, 6.45) is 0. The van der Waals surface area contributed by atoms with Gasteiger partial charge in [0.25, 0.3) is 0 Å². The number of aromatic hydroxyl groups is 1. The van der Waals surface area contributed by atoms with Crippen molar-refractivity contribution in [3.63, 3.8) is 0 Å². The van der Waals surface area contributed by atoms with Crippen LogP contribution in [0.25, 0.3) is 11.1 Å². The Balaban J connectivity index is 2.65. The molecule has 0 atom stereocenters. The quantitative estimate of drug-likeness (QED) is 0.792. The Morgan fingerprint density at radius 1 is 0.824 bits per heavy atom. The number of hydrogen-bond donors (Lipinski definition) is 1. The van der Waals surface area contributed by atoms with Gasteiger partial charge in [0.2, 0.25) is 0 Å². The lowest BCUT2D eigenvalue weighted by atomic mass is 9.98. The Morgan fingerprint density at radius 3 is 2.12 bits per heavy atom. The van der Waals surface area contributed by atoms with Gasteiger partial charge < -0.3 is 5.11 Å². The second kappa shape index (κ2) is 4.17. The summed E-state index contributed by atoms with van der Waals surface area (Å²) in [4.78, 5) is 0.